The van der Waals surface area contributed by atoms with Gasteiger partial charge >= 0.3 is 5.88 Å². The molecule has 3 N–H and O–H groups in total. The standard InChI is InChI=1S/C28H44N4O4/c1-5-7-9-11-13-15-17-31-27(35)21(19(3)29-31)23-25(33)24(26(23)34)22-20(4)30-32(28(22)36)18-16-14-12-10-8-6-2/h23-24H,5-18H2,1-4H3,(H2,29,30,35,36)/p+1. The van der Waals surface area contributed by atoms with E-state index < -0.39 is 11.8 Å². The van der Waals surface area contributed by atoms with E-state index in [0.29, 0.717) is 30.0 Å². The fraction of sp³-hybridized carbons (Fsp3) is 0.714. The van der Waals surface area contributed by atoms with Crippen LogP contribution < -0.4 is 10.2 Å². The van der Waals surface area contributed by atoms with Crippen molar-refractivity contribution in [3.8, 4) is 5.88 Å². The van der Waals surface area contributed by atoms with E-state index in [-0.39, 0.29) is 28.6 Å². The van der Waals surface area contributed by atoms with Crippen LogP contribution in [-0.2, 0) is 22.7 Å². The summed E-state index contributed by atoms with van der Waals surface area (Å²) in [6, 6.07) is 0. The van der Waals surface area contributed by atoms with Crippen molar-refractivity contribution in [3.63, 3.8) is 0 Å². The Morgan fingerprint density at radius 1 is 0.750 bits per heavy atom. The number of aromatic amines is 2. The van der Waals surface area contributed by atoms with Gasteiger partial charge in [0.1, 0.15) is 17.4 Å². The molecule has 2 heterocycles. The first-order valence-electron chi connectivity index (χ1n) is 14.0. The van der Waals surface area contributed by atoms with Crippen molar-refractivity contribution in [2.45, 2.75) is 130 Å². The minimum atomic E-state index is -1.05. The number of aromatic hydroxyl groups is 1. The van der Waals surface area contributed by atoms with Crippen molar-refractivity contribution in [3.05, 3.63) is 32.9 Å². The first kappa shape index (κ1) is 27.9. The quantitative estimate of drug-likeness (QED) is 0.173. The number of carbonyl (C=O) groups excluding carboxylic acids is 2. The van der Waals surface area contributed by atoms with Crippen molar-refractivity contribution < 1.29 is 19.4 Å². The second-order valence-electron chi connectivity index (χ2n) is 10.4. The van der Waals surface area contributed by atoms with Crippen LogP contribution >= 0.6 is 0 Å². The predicted molar refractivity (Wildman–Crippen MR) is 139 cm³/mol. The predicted octanol–water partition coefficient (Wildman–Crippen LogP) is 4.85. The lowest BCUT2D eigenvalue weighted by Crippen LogP contribution is -2.47. The smallest absolute Gasteiger partial charge is 0.395 e. The molecule has 36 heavy (non-hydrogen) atoms. The molecule has 0 radical (unpaired) electrons. The van der Waals surface area contributed by atoms with Crippen molar-refractivity contribution in [1.82, 2.24) is 14.9 Å². The molecule has 0 aromatic carbocycles. The molecule has 1 saturated carbocycles. The summed E-state index contributed by atoms with van der Waals surface area (Å²) in [4.78, 5) is 39.5. The second kappa shape index (κ2) is 13.1. The van der Waals surface area contributed by atoms with Crippen LogP contribution in [0.5, 0.6) is 5.88 Å². The van der Waals surface area contributed by atoms with Gasteiger partial charge in [-0.3, -0.25) is 24.2 Å². The first-order chi connectivity index (χ1) is 17.3. The summed E-state index contributed by atoms with van der Waals surface area (Å²) < 4.78 is 3.17. The van der Waals surface area contributed by atoms with Crippen LogP contribution in [0.3, 0.4) is 0 Å². The summed E-state index contributed by atoms with van der Waals surface area (Å²) in [6.45, 7) is 9.06. The molecule has 1 aliphatic carbocycles. The van der Waals surface area contributed by atoms with Gasteiger partial charge in [-0.2, -0.15) is 5.10 Å². The summed E-state index contributed by atoms with van der Waals surface area (Å²) in [7, 11) is 0. The summed E-state index contributed by atoms with van der Waals surface area (Å²) in [6.07, 6.45) is 13.5. The fourth-order valence-electron chi connectivity index (χ4n) is 5.44. The third kappa shape index (κ3) is 6.01. The van der Waals surface area contributed by atoms with Gasteiger partial charge in [0.25, 0.3) is 5.56 Å². The first-order valence-corrected chi connectivity index (χ1v) is 14.0. The summed E-state index contributed by atoms with van der Waals surface area (Å²) >= 11 is 0. The van der Waals surface area contributed by atoms with Gasteiger partial charge in [-0.15, -0.1) is 0 Å². The molecule has 0 unspecified atom stereocenters. The molecular weight excluding hydrogens is 456 g/mol. The van der Waals surface area contributed by atoms with Crippen LogP contribution in [0.4, 0.5) is 0 Å². The van der Waals surface area contributed by atoms with E-state index in [4.69, 9.17) is 0 Å². The van der Waals surface area contributed by atoms with Gasteiger partial charge in [0.05, 0.1) is 11.3 Å². The number of aryl methyl sites for hydroxylation is 4. The van der Waals surface area contributed by atoms with Gasteiger partial charge in [-0.05, 0) is 26.7 Å². The molecular formula is C28H45N4O4+. The van der Waals surface area contributed by atoms with Gasteiger partial charge in [0.2, 0.25) is 0 Å². The van der Waals surface area contributed by atoms with E-state index in [1.165, 1.54) is 43.2 Å². The minimum absolute atomic E-state index is 0.0440. The lowest BCUT2D eigenvalue weighted by Gasteiger charge is -2.30. The molecule has 0 amide bonds. The minimum Gasteiger partial charge on any atom is -0.458 e. The van der Waals surface area contributed by atoms with Gasteiger partial charge in [-0.25, -0.2) is 0 Å². The maximum Gasteiger partial charge on any atom is 0.395 e. The lowest BCUT2D eigenvalue weighted by molar-refractivity contribution is -0.755. The van der Waals surface area contributed by atoms with Crippen LogP contribution in [-0.4, -0.2) is 31.6 Å². The van der Waals surface area contributed by atoms with Gasteiger partial charge in [0.15, 0.2) is 18.1 Å². The molecule has 8 heteroatoms. The van der Waals surface area contributed by atoms with Gasteiger partial charge in [0, 0.05) is 18.7 Å². The maximum absolute atomic E-state index is 13.2. The monoisotopic (exact) mass is 501 g/mol. The molecule has 2 aromatic rings. The molecule has 8 nitrogen and oxygen atoms in total. The average Bonchev–Trinajstić information content (AvgIpc) is 3.28. The normalized spacial score (nSPS) is 17.7. The van der Waals surface area contributed by atoms with Gasteiger partial charge in [-0.1, -0.05) is 76.3 Å². The third-order valence-corrected chi connectivity index (χ3v) is 7.57. The Morgan fingerprint density at radius 3 is 1.89 bits per heavy atom. The highest BCUT2D eigenvalue weighted by atomic mass is 16.3. The van der Waals surface area contributed by atoms with E-state index in [9.17, 15) is 19.5 Å². The molecule has 0 saturated heterocycles. The zero-order chi connectivity index (χ0) is 26.2. The van der Waals surface area contributed by atoms with Crippen molar-refractivity contribution in [1.29, 1.82) is 0 Å². The topological polar surface area (TPSA) is 112 Å². The van der Waals surface area contributed by atoms with Crippen LogP contribution in [0, 0.1) is 13.8 Å². The fourth-order valence-corrected chi connectivity index (χ4v) is 5.44. The van der Waals surface area contributed by atoms with Crippen LogP contribution in [0.25, 0.3) is 0 Å². The highest BCUT2D eigenvalue weighted by Crippen LogP contribution is 2.43. The summed E-state index contributed by atoms with van der Waals surface area (Å²) in [5, 5.41) is 17.0. The Labute approximate surface area is 214 Å². The summed E-state index contributed by atoms with van der Waals surface area (Å²) in [5.74, 6) is -2.73. The average molecular weight is 502 g/mol. The Kier molecular flexibility index (Phi) is 10.1. The van der Waals surface area contributed by atoms with Crippen molar-refractivity contribution in [2.75, 3.05) is 0 Å². The SMILES string of the molecule is CCCCCCCCn1[nH]c(C)c(C2C(=O)C(c3c(C)[nH][n+](CCCCCCCC)c3O)C2=O)c1=O. The Hall–Kier alpha value is -2.64. The number of aromatic nitrogens is 4. The van der Waals surface area contributed by atoms with Crippen molar-refractivity contribution >= 4 is 11.6 Å². The molecule has 0 bridgehead atoms. The number of H-pyrrole nitrogens is 2. The number of rotatable bonds is 16. The van der Waals surface area contributed by atoms with Crippen LogP contribution in [0.15, 0.2) is 4.79 Å². The highest BCUT2D eigenvalue weighted by Gasteiger charge is 2.55. The lowest BCUT2D eigenvalue weighted by atomic mass is 9.66. The molecule has 0 spiro atoms. The second-order valence-corrected chi connectivity index (χ2v) is 10.4. The zero-order valence-electron chi connectivity index (χ0n) is 22.6. The maximum atomic E-state index is 13.2. The van der Waals surface area contributed by atoms with Crippen LogP contribution in [0.2, 0.25) is 0 Å². The van der Waals surface area contributed by atoms with E-state index >= 15 is 0 Å². The highest BCUT2D eigenvalue weighted by molar-refractivity contribution is 6.31. The zero-order valence-corrected chi connectivity index (χ0v) is 22.6. The molecule has 200 valence electrons. The molecule has 0 aliphatic heterocycles. The molecule has 1 fully saturated rings. The number of nitrogens with one attached hydrogen (secondary N) is 2. The van der Waals surface area contributed by atoms with E-state index in [1.54, 1.807) is 18.5 Å². The molecule has 1 aliphatic rings. The number of carbonyl (C=O) groups is 2. The Bertz CT molecular complexity index is 1080. The number of hydrogen-bond donors (Lipinski definition) is 3. The van der Waals surface area contributed by atoms with Gasteiger partial charge < -0.3 is 5.11 Å². The number of hydrogen-bond acceptors (Lipinski definition) is 4. The molecule has 2 aromatic heterocycles. The molecule has 0 atom stereocenters. The van der Waals surface area contributed by atoms with E-state index in [2.05, 4.69) is 24.0 Å². The van der Waals surface area contributed by atoms with Crippen LogP contribution in [0.1, 0.15) is 125 Å². The Morgan fingerprint density at radius 2 is 1.28 bits per heavy atom. The molecule has 3 rings (SSSR count). The van der Waals surface area contributed by atoms with Crippen molar-refractivity contribution in [2.24, 2.45) is 0 Å². The Balaban J connectivity index is 1.64. The largest absolute Gasteiger partial charge is 0.458 e. The summed E-state index contributed by atoms with van der Waals surface area (Å²) in [5.41, 5.74) is 1.53. The number of nitrogens with zero attached hydrogens (tertiary/aromatic N) is 2. The number of ketones is 2. The number of unbranched alkanes of at least 4 members (excludes halogenated alkanes) is 10. The van der Waals surface area contributed by atoms with E-state index in [0.717, 1.165) is 38.5 Å². The third-order valence-electron chi connectivity index (χ3n) is 7.57. The number of Topliss-reactive ketones (excluding diaryl/α,β-unsaturated/α-hetero) is 2. The van der Waals surface area contributed by atoms with E-state index in [1.807, 2.05) is 0 Å².